The van der Waals surface area contributed by atoms with Crippen LogP contribution in [0, 0.1) is 0 Å². The highest BCUT2D eigenvalue weighted by Gasteiger charge is 2.28. The Morgan fingerprint density at radius 3 is 2.14 bits per heavy atom. The summed E-state index contributed by atoms with van der Waals surface area (Å²) in [5.74, 6) is -2.09. The molecule has 0 bridgehead atoms. The van der Waals surface area contributed by atoms with Gasteiger partial charge in [-0.3, -0.25) is 19.2 Å². The highest BCUT2D eigenvalue weighted by atomic mass is 16.5. The number of nitrogens with one attached hydrogen (secondary N) is 3. The van der Waals surface area contributed by atoms with Crippen molar-refractivity contribution >= 4 is 23.7 Å². The van der Waals surface area contributed by atoms with Crippen LogP contribution in [0.2, 0.25) is 0 Å². The van der Waals surface area contributed by atoms with E-state index in [-0.39, 0.29) is 18.4 Å². The van der Waals surface area contributed by atoms with Gasteiger partial charge in [-0.05, 0) is 43.2 Å². The second-order valence-electron chi connectivity index (χ2n) is 8.35. The normalized spacial score (nSPS) is 13.9. The maximum atomic E-state index is 12.7. The highest BCUT2D eigenvalue weighted by Crippen LogP contribution is 2.12. The molecule has 0 unspecified atom stereocenters. The molecule has 3 amide bonds. The van der Waals surface area contributed by atoms with Gasteiger partial charge < -0.3 is 35.6 Å². The number of amides is 3. The minimum atomic E-state index is -1.33. The highest BCUT2D eigenvalue weighted by molar-refractivity contribution is 5.98. The molecule has 2 rings (SSSR count). The first-order chi connectivity index (χ1) is 17.6. The predicted octanol–water partition coefficient (Wildman–Crippen LogP) is -0.0579. The number of carbonyl (C=O) groups excluding carboxylic acids is 4. The zero-order chi connectivity index (χ0) is 27.4. The van der Waals surface area contributed by atoms with Crippen LogP contribution in [-0.2, 0) is 25.5 Å². The van der Waals surface area contributed by atoms with Crippen molar-refractivity contribution in [3.05, 3.63) is 65.7 Å². The van der Waals surface area contributed by atoms with Crippen LogP contribution in [0.5, 0.6) is 5.75 Å². The molecular weight excluding hydrogens is 482 g/mol. The van der Waals surface area contributed by atoms with Crippen LogP contribution < -0.4 is 20.7 Å². The number of hydrogen-bond donors (Lipinski definition) is 5. The molecule has 0 aromatic heterocycles. The topological polar surface area (TPSA) is 163 Å². The molecule has 11 heteroatoms. The van der Waals surface area contributed by atoms with Gasteiger partial charge in [0.1, 0.15) is 11.8 Å². The first-order valence-corrected chi connectivity index (χ1v) is 11.6. The molecule has 0 aliphatic heterocycles. The summed E-state index contributed by atoms with van der Waals surface area (Å²) in [6.07, 6.45) is -2.59. The Bertz CT molecular complexity index is 1040. The maximum Gasteiger partial charge on any atom is 0.308 e. The van der Waals surface area contributed by atoms with Gasteiger partial charge in [-0.25, -0.2) is 0 Å². The number of hydrogen-bond acceptors (Lipinski definition) is 8. The van der Waals surface area contributed by atoms with Crippen LogP contribution in [0.1, 0.15) is 29.3 Å². The van der Waals surface area contributed by atoms with E-state index in [9.17, 15) is 29.4 Å². The molecule has 0 radical (unpaired) electrons. The summed E-state index contributed by atoms with van der Waals surface area (Å²) in [5.41, 5.74) is 1.07. The molecule has 5 N–H and O–H groups in total. The Kier molecular flexibility index (Phi) is 11.5. The molecule has 0 saturated carbocycles. The van der Waals surface area contributed by atoms with Gasteiger partial charge in [0.2, 0.25) is 11.8 Å². The number of rotatable bonds is 13. The van der Waals surface area contributed by atoms with E-state index in [1.165, 1.54) is 33.3 Å². The molecule has 2 aromatic carbocycles. The monoisotopic (exact) mass is 515 g/mol. The van der Waals surface area contributed by atoms with E-state index < -0.39 is 54.5 Å². The average Bonchev–Trinajstić information content (AvgIpc) is 2.90. The van der Waals surface area contributed by atoms with Crippen molar-refractivity contribution in [3.8, 4) is 5.75 Å². The molecule has 0 spiro atoms. The van der Waals surface area contributed by atoms with Gasteiger partial charge in [-0.2, -0.15) is 0 Å². The van der Waals surface area contributed by atoms with E-state index in [2.05, 4.69) is 20.7 Å². The molecule has 2 aromatic rings. The van der Waals surface area contributed by atoms with E-state index in [1.807, 2.05) is 18.2 Å². The van der Waals surface area contributed by atoms with Crippen LogP contribution in [0.15, 0.2) is 54.6 Å². The summed E-state index contributed by atoms with van der Waals surface area (Å²) in [4.78, 5) is 49.4. The molecule has 11 nitrogen and oxygen atoms in total. The smallest absolute Gasteiger partial charge is 0.308 e. The number of ether oxygens (including phenoxy) is 2. The minimum absolute atomic E-state index is 0.229. The van der Waals surface area contributed by atoms with E-state index in [0.29, 0.717) is 5.75 Å². The molecule has 37 heavy (non-hydrogen) atoms. The lowest BCUT2D eigenvalue weighted by molar-refractivity contribution is -0.143. The fourth-order valence-electron chi connectivity index (χ4n) is 3.45. The fraction of sp³-hybridized carbons (Fsp3) is 0.385. The van der Waals surface area contributed by atoms with Crippen LogP contribution >= 0.6 is 0 Å². The Morgan fingerprint density at radius 1 is 0.919 bits per heavy atom. The van der Waals surface area contributed by atoms with Crippen molar-refractivity contribution in [3.63, 3.8) is 0 Å². The number of carbonyl (C=O) groups is 4. The number of esters is 1. The lowest BCUT2D eigenvalue weighted by Crippen LogP contribution is -2.55. The van der Waals surface area contributed by atoms with Crippen molar-refractivity contribution < 1.29 is 38.9 Å². The molecule has 0 heterocycles. The number of benzene rings is 2. The van der Waals surface area contributed by atoms with Gasteiger partial charge in [-0.15, -0.1) is 0 Å². The third-order valence-electron chi connectivity index (χ3n) is 5.54. The van der Waals surface area contributed by atoms with Crippen molar-refractivity contribution in [2.45, 2.75) is 44.1 Å². The third-order valence-corrected chi connectivity index (χ3v) is 5.54. The van der Waals surface area contributed by atoms with Gasteiger partial charge in [0.25, 0.3) is 5.91 Å². The van der Waals surface area contributed by atoms with Crippen molar-refractivity contribution in [1.82, 2.24) is 16.0 Å². The SMILES string of the molecule is COC(=O)C[C@H](O)[C@@H](Cc1ccccc1)NC(=O)CNC(=O)[C@@H](NC(=O)c1ccc(OC)cc1)[C@@H](C)O. The summed E-state index contributed by atoms with van der Waals surface area (Å²) < 4.78 is 9.64. The zero-order valence-corrected chi connectivity index (χ0v) is 21.0. The summed E-state index contributed by atoms with van der Waals surface area (Å²) in [6.45, 7) is 0.842. The Morgan fingerprint density at radius 2 is 1.57 bits per heavy atom. The molecule has 0 aliphatic carbocycles. The van der Waals surface area contributed by atoms with Crippen molar-refractivity contribution in [2.24, 2.45) is 0 Å². The van der Waals surface area contributed by atoms with Gasteiger partial charge >= 0.3 is 5.97 Å². The van der Waals surface area contributed by atoms with Crippen molar-refractivity contribution in [2.75, 3.05) is 20.8 Å². The molecule has 0 fully saturated rings. The Labute approximate surface area is 215 Å². The quantitative estimate of drug-likeness (QED) is 0.232. The lowest BCUT2D eigenvalue weighted by Gasteiger charge is -2.24. The van der Waals surface area contributed by atoms with Gasteiger partial charge in [0.15, 0.2) is 0 Å². The van der Waals surface area contributed by atoms with Crippen molar-refractivity contribution in [1.29, 1.82) is 0 Å². The van der Waals surface area contributed by atoms with Crippen LogP contribution in [0.25, 0.3) is 0 Å². The second kappa shape index (κ2) is 14.6. The standard InChI is InChI=1S/C26H33N3O8/c1-16(30)24(29-25(34)18-9-11-19(36-2)12-10-18)26(35)27-15-22(32)28-20(21(31)14-23(33)37-3)13-17-7-5-4-6-8-17/h4-12,16,20-21,24,30-31H,13-15H2,1-3H3,(H,27,35)(H,28,32)(H,29,34)/t16-,20-,21+,24+/m1/s1. The van der Waals surface area contributed by atoms with E-state index >= 15 is 0 Å². The largest absolute Gasteiger partial charge is 0.497 e. The van der Waals surface area contributed by atoms with E-state index in [0.717, 1.165) is 5.56 Å². The maximum absolute atomic E-state index is 12.7. The number of aliphatic hydroxyl groups is 2. The first kappa shape index (κ1) is 29.3. The van der Waals surface area contributed by atoms with Gasteiger partial charge in [0, 0.05) is 5.56 Å². The minimum Gasteiger partial charge on any atom is -0.497 e. The molecule has 0 saturated heterocycles. The summed E-state index contributed by atoms with van der Waals surface area (Å²) >= 11 is 0. The zero-order valence-electron chi connectivity index (χ0n) is 21.0. The third kappa shape index (κ3) is 9.54. The molecule has 4 atom stereocenters. The number of methoxy groups -OCH3 is 2. The van der Waals surface area contributed by atoms with E-state index in [4.69, 9.17) is 4.74 Å². The lowest BCUT2D eigenvalue weighted by atomic mass is 9.99. The Hall–Kier alpha value is -3.96. The summed E-state index contributed by atoms with van der Waals surface area (Å²) in [5, 5.41) is 28.0. The summed E-state index contributed by atoms with van der Waals surface area (Å²) in [6, 6.07) is 13.1. The molecule has 0 aliphatic rings. The van der Waals surface area contributed by atoms with Crippen LogP contribution in [-0.4, -0.2) is 79.0 Å². The van der Waals surface area contributed by atoms with Gasteiger partial charge in [0.05, 0.1) is 45.4 Å². The summed E-state index contributed by atoms with van der Waals surface area (Å²) in [7, 11) is 2.68. The van der Waals surface area contributed by atoms with Crippen LogP contribution in [0.3, 0.4) is 0 Å². The predicted molar refractivity (Wildman–Crippen MR) is 134 cm³/mol. The first-order valence-electron chi connectivity index (χ1n) is 11.6. The molecule has 200 valence electrons. The average molecular weight is 516 g/mol. The van der Waals surface area contributed by atoms with E-state index in [1.54, 1.807) is 24.3 Å². The molecular formula is C26H33N3O8. The van der Waals surface area contributed by atoms with Gasteiger partial charge in [-0.1, -0.05) is 30.3 Å². The second-order valence-corrected chi connectivity index (χ2v) is 8.35. The number of aliphatic hydroxyl groups excluding tert-OH is 2. The van der Waals surface area contributed by atoms with Crippen LogP contribution in [0.4, 0.5) is 0 Å². The fourth-order valence-corrected chi connectivity index (χ4v) is 3.45. The Balaban J connectivity index is 1.99.